The lowest BCUT2D eigenvalue weighted by atomic mass is 9.83. The number of hydrogen-bond acceptors (Lipinski definition) is 8. The number of aromatic nitrogens is 4. The molecule has 10 heteroatoms. The average molecular weight is 553 g/mol. The summed E-state index contributed by atoms with van der Waals surface area (Å²) in [5.41, 5.74) is 2.73. The van der Waals surface area contributed by atoms with Crippen molar-refractivity contribution >= 4 is 40.8 Å². The zero-order valence-electron chi connectivity index (χ0n) is 23.2. The number of hydrogen-bond donors (Lipinski definition) is 3. The highest BCUT2D eigenvalue weighted by Gasteiger charge is 2.40. The summed E-state index contributed by atoms with van der Waals surface area (Å²) < 4.78 is 0. The number of amides is 1. The summed E-state index contributed by atoms with van der Waals surface area (Å²) in [5, 5.41) is 23.4. The minimum Gasteiger partial charge on any atom is -0.353 e. The predicted octanol–water partition coefficient (Wildman–Crippen LogP) is 6.30. The maximum absolute atomic E-state index is 13.1. The van der Waals surface area contributed by atoms with E-state index >= 15 is 0 Å². The molecule has 4 aromatic rings. The average Bonchev–Trinajstić information content (AvgIpc) is 3.31. The summed E-state index contributed by atoms with van der Waals surface area (Å²) in [6, 6.07) is 21.5. The molecular formula is C30H32N8OS. The van der Waals surface area contributed by atoms with E-state index in [0.29, 0.717) is 35.3 Å². The fourth-order valence-electron chi connectivity index (χ4n) is 4.58. The maximum Gasteiger partial charge on any atom is 0.255 e. The highest BCUT2D eigenvalue weighted by atomic mass is 32.2. The highest BCUT2D eigenvalue weighted by molar-refractivity contribution is 7.99. The molecule has 0 atom stereocenters. The number of benzene rings is 2. The van der Waals surface area contributed by atoms with Crippen LogP contribution in [-0.4, -0.2) is 39.2 Å². The Hall–Kier alpha value is -4.36. The van der Waals surface area contributed by atoms with Crippen LogP contribution in [0.1, 0.15) is 49.3 Å². The van der Waals surface area contributed by atoms with Crippen LogP contribution in [0.4, 0.5) is 23.1 Å². The number of anilines is 4. The van der Waals surface area contributed by atoms with Crippen molar-refractivity contribution in [2.24, 2.45) is 5.41 Å². The van der Waals surface area contributed by atoms with Gasteiger partial charge in [-0.1, -0.05) is 39.0 Å². The van der Waals surface area contributed by atoms with Crippen LogP contribution in [0.25, 0.3) is 0 Å². The molecule has 0 radical (unpaired) electrons. The van der Waals surface area contributed by atoms with Crippen molar-refractivity contribution in [2.45, 2.75) is 50.1 Å². The van der Waals surface area contributed by atoms with E-state index in [9.17, 15) is 10.1 Å². The fraction of sp³-hybridized carbons (Fsp3) is 0.300. The lowest BCUT2D eigenvalue weighted by molar-refractivity contribution is 0.102. The highest BCUT2D eigenvalue weighted by Crippen LogP contribution is 2.36. The van der Waals surface area contributed by atoms with Gasteiger partial charge in [0, 0.05) is 41.4 Å². The largest absolute Gasteiger partial charge is 0.353 e. The van der Waals surface area contributed by atoms with Crippen LogP contribution in [0, 0.1) is 23.7 Å². The molecule has 0 saturated carbocycles. The molecule has 1 aliphatic heterocycles. The molecule has 3 N–H and O–H groups in total. The minimum absolute atomic E-state index is 0.134. The molecular weight excluding hydrogens is 520 g/mol. The van der Waals surface area contributed by atoms with Gasteiger partial charge in [-0.15, -0.1) is 0 Å². The topological polar surface area (TPSA) is 123 Å². The summed E-state index contributed by atoms with van der Waals surface area (Å²) in [4.78, 5) is 25.6. The quantitative estimate of drug-likeness (QED) is 0.228. The van der Waals surface area contributed by atoms with Gasteiger partial charge in [-0.25, -0.2) is 9.97 Å². The maximum atomic E-state index is 13.1. The number of aryl methyl sites for hydroxylation is 1. The number of nitrogens with one attached hydrogen (secondary N) is 3. The normalized spacial score (nSPS) is 14.2. The Kier molecular flexibility index (Phi) is 7.25. The third-order valence-corrected chi connectivity index (χ3v) is 7.51. The van der Waals surface area contributed by atoms with Gasteiger partial charge in [-0.05, 0) is 66.9 Å². The zero-order chi connectivity index (χ0) is 28.5. The molecule has 0 aliphatic carbocycles. The number of aromatic amines is 1. The molecule has 5 rings (SSSR count). The molecule has 204 valence electrons. The van der Waals surface area contributed by atoms with Gasteiger partial charge in [0.25, 0.3) is 5.91 Å². The van der Waals surface area contributed by atoms with E-state index < -0.39 is 0 Å². The summed E-state index contributed by atoms with van der Waals surface area (Å²) >= 11 is 1.43. The molecule has 0 bridgehead atoms. The van der Waals surface area contributed by atoms with E-state index in [4.69, 9.17) is 9.97 Å². The van der Waals surface area contributed by atoms with Gasteiger partial charge in [0.05, 0.1) is 17.2 Å². The van der Waals surface area contributed by atoms with Crippen molar-refractivity contribution in [1.82, 2.24) is 20.2 Å². The van der Waals surface area contributed by atoms with Crippen LogP contribution < -0.4 is 15.5 Å². The third-order valence-electron chi connectivity index (χ3n) is 6.64. The Morgan fingerprint density at radius 2 is 1.82 bits per heavy atom. The van der Waals surface area contributed by atoms with Crippen molar-refractivity contribution in [2.75, 3.05) is 28.6 Å². The van der Waals surface area contributed by atoms with Gasteiger partial charge >= 0.3 is 0 Å². The summed E-state index contributed by atoms with van der Waals surface area (Å²) in [6.45, 7) is 11.4. The molecule has 1 saturated heterocycles. The van der Waals surface area contributed by atoms with Crippen LogP contribution in [-0.2, 0) is 5.41 Å². The number of carbonyl (C=O) groups excluding carboxylic acids is 1. The molecule has 0 unspecified atom stereocenters. The van der Waals surface area contributed by atoms with Gasteiger partial charge in [-0.3, -0.25) is 9.89 Å². The van der Waals surface area contributed by atoms with E-state index in [1.54, 1.807) is 0 Å². The van der Waals surface area contributed by atoms with E-state index in [-0.39, 0.29) is 16.7 Å². The summed E-state index contributed by atoms with van der Waals surface area (Å²) in [7, 11) is 0. The first-order chi connectivity index (χ1) is 19.0. The summed E-state index contributed by atoms with van der Waals surface area (Å²) in [6.07, 6.45) is 0. The van der Waals surface area contributed by atoms with Crippen molar-refractivity contribution in [3.63, 3.8) is 0 Å². The second kappa shape index (κ2) is 10.7. The zero-order valence-corrected chi connectivity index (χ0v) is 24.1. The van der Waals surface area contributed by atoms with Crippen LogP contribution in [0.5, 0.6) is 0 Å². The second-order valence-corrected chi connectivity index (χ2v) is 12.4. The van der Waals surface area contributed by atoms with Crippen molar-refractivity contribution in [1.29, 1.82) is 5.26 Å². The van der Waals surface area contributed by atoms with E-state index in [0.717, 1.165) is 27.8 Å². The van der Waals surface area contributed by atoms with Crippen LogP contribution in [0.2, 0.25) is 0 Å². The molecule has 1 amide bonds. The van der Waals surface area contributed by atoms with Gasteiger partial charge in [-0.2, -0.15) is 10.4 Å². The first-order valence-corrected chi connectivity index (χ1v) is 13.9. The number of H-pyrrole nitrogens is 1. The molecule has 1 fully saturated rings. The molecule has 2 aromatic heterocycles. The number of nitrogens with zero attached hydrogens (tertiary/aromatic N) is 5. The standard InChI is InChI=1S/C30H32N8OS/c1-19-14-25(37-36-19)33-24-15-26(38-17-30(5,16-31)18-38)35-28(34-24)40-21-12-10-20(11-13-21)32-27(39)22-8-6-7-9-23(22)29(2,3)4/h6-15H,17-18H2,1-5H3,(H,32,39)(H2,33,34,35,36,37). The van der Waals surface area contributed by atoms with Gasteiger partial charge in [0.1, 0.15) is 17.5 Å². The Bertz CT molecular complexity index is 1580. The minimum atomic E-state index is -0.375. The molecule has 3 heterocycles. The lowest BCUT2D eigenvalue weighted by Crippen LogP contribution is -2.54. The Morgan fingerprint density at radius 1 is 1.10 bits per heavy atom. The Morgan fingerprint density at radius 3 is 2.48 bits per heavy atom. The number of carbonyl (C=O) groups is 1. The van der Waals surface area contributed by atoms with E-state index in [1.807, 2.05) is 74.5 Å². The monoisotopic (exact) mass is 552 g/mol. The SMILES string of the molecule is Cc1cc(Nc2cc(N3CC(C)(C#N)C3)nc(Sc3ccc(NC(=O)c4ccccc4C(C)(C)C)cc3)n2)[nH]n1. The predicted molar refractivity (Wildman–Crippen MR) is 158 cm³/mol. The van der Waals surface area contributed by atoms with Gasteiger partial charge in [0.15, 0.2) is 5.16 Å². The lowest BCUT2D eigenvalue weighted by Gasteiger charge is -2.44. The molecule has 1 aliphatic rings. The van der Waals surface area contributed by atoms with Gasteiger partial charge in [0.2, 0.25) is 0 Å². The first kappa shape index (κ1) is 27.2. The second-order valence-electron chi connectivity index (χ2n) is 11.3. The third kappa shape index (κ3) is 6.10. The smallest absolute Gasteiger partial charge is 0.255 e. The molecule has 9 nitrogen and oxygen atoms in total. The molecule has 40 heavy (non-hydrogen) atoms. The summed E-state index contributed by atoms with van der Waals surface area (Å²) in [5.74, 6) is 1.98. The fourth-order valence-corrected chi connectivity index (χ4v) is 5.35. The van der Waals surface area contributed by atoms with Crippen LogP contribution >= 0.6 is 11.8 Å². The molecule has 2 aromatic carbocycles. The van der Waals surface area contributed by atoms with Crippen molar-refractivity contribution in [3.8, 4) is 6.07 Å². The Balaban J connectivity index is 1.33. The van der Waals surface area contributed by atoms with Crippen molar-refractivity contribution < 1.29 is 4.79 Å². The first-order valence-electron chi connectivity index (χ1n) is 13.0. The van der Waals surface area contributed by atoms with Crippen LogP contribution in [0.15, 0.2) is 70.7 Å². The number of rotatable bonds is 7. The van der Waals surface area contributed by atoms with Crippen molar-refractivity contribution in [3.05, 3.63) is 77.5 Å². The number of nitriles is 1. The van der Waals surface area contributed by atoms with Gasteiger partial charge < -0.3 is 15.5 Å². The Labute approximate surface area is 238 Å². The van der Waals surface area contributed by atoms with E-state index in [1.165, 1.54) is 11.8 Å². The van der Waals surface area contributed by atoms with E-state index in [2.05, 4.69) is 52.6 Å². The molecule has 0 spiro atoms. The van der Waals surface area contributed by atoms with Crippen LogP contribution in [0.3, 0.4) is 0 Å².